The number of likely N-dealkylation sites (tertiary alicyclic amines) is 1. The molecule has 1 amide bonds. The summed E-state index contributed by atoms with van der Waals surface area (Å²) in [6, 6.07) is 4.75. The van der Waals surface area contributed by atoms with E-state index in [9.17, 15) is 4.79 Å². The lowest BCUT2D eigenvalue weighted by Crippen LogP contribution is -2.60. The number of carbonyl (C=O) groups is 1. The first kappa shape index (κ1) is 21.9. The number of ether oxygens (including phenoxy) is 1. The van der Waals surface area contributed by atoms with Crippen LogP contribution in [0.25, 0.3) is 5.65 Å². The van der Waals surface area contributed by atoms with Crippen LogP contribution in [-0.4, -0.2) is 77.1 Å². The van der Waals surface area contributed by atoms with E-state index in [2.05, 4.69) is 41.1 Å². The molecule has 1 saturated carbocycles. The van der Waals surface area contributed by atoms with Gasteiger partial charge in [-0.15, -0.1) is 0 Å². The maximum Gasteiger partial charge on any atom is 0.228 e. The highest BCUT2D eigenvalue weighted by Gasteiger charge is 2.52. The molecule has 1 aliphatic carbocycles. The van der Waals surface area contributed by atoms with Gasteiger partial charge in [0.25, 0.3) is 0 Å². The number of nitrogens with zero attached hydrogens (tertiary/aromatic N) is 4. The summed E-state index contributed by atoms with van der Waals surface area (Å²) in [4.78, 5) is 23.5. The van der Waals surface area contributed by atoms with Crippen LogP contribution in [0.3, 0.4) is 0 Å². The number of amides is 1. The van der Waals surface area contributed by atoms with Crippen LogP contribution < -0.4 is 5.32 Å². The molecule has 0 aromatic carbocycles. The molecule has 0 bridgehead atoms. The zero-order chi connectivity index (χ0) is 22.1. The van der Waals surface area contributed by atoms with E-state index in [1.807, 2.05) is 16.8 Å². The number of nitrogens with one attached hydrogen (secondary N) is 1. The molecule has 7 nitrogen and oxygen atoms in total. The number of pyridine rings is 1. The third-order valence-electron chi connectivity index (χ3n) is 8.12. The van der Waals surface area contributed by atoms with Crippen LogP contribution in [0.4, 0.5) is 0 Å². The van der Waals surface area contributed by atoms with E-state index >= 15 is 0 Å². The molecule has 32 heavy (non-hydrogen) atoms. The highest BCUT2D eigenvalue weighted by atomic mass is 16.5. The number of morpholine rings is 1. The molecule has 2 aromatic rings. The number of fused-ring (bicyclic) bond motifs is 2. The first-order valence-corrected chi connectivity index (χ1v) is 12.3. The lowest BCUT2D eigenvalue weighted by atomic mass is 9.61. The van der Waals surface area contributed by atoms with Crippen LogP contribution in [0.2, 0.25) is 0 Å². The summed E-state index contributed by atoms with van der Waals surface area (Å²) >= 11 is 0. The van der Waals surface area contributed by atoms with E-state index in [1.165, 1.54) is 5.56 Å². The quantitative estimate of drug-likeness (QED) is 0.776. The smallest absolute Gasteiger partial charge is 0.228 e. The fraction of sp³-hybridized carbons (Fsp3) is 0.680. The minimum absolute atomic E-state index is 0.231. The first-order valence-electron chi connectivity index (χ1n) is 12.3. The highest BCUT2D eigenvalue weighted by Crippen LogP contribution is 2.47. The van der Waals surface area contributed by atoms with Crippen molar-refractivity contribution >= 4 is 11.6 Å². The van der Waals surface area contributed by atoms with Crippen molar-refractivity contribution in [3.63, 3.8) is 0 Å². The molecule has 0 spiro atoms. The van der Waals surface area contributed by atoms with Crippen LogP contribution in [0.1, 0.15) is 43.9 Å². The lowest BCUT2D eigenvalue weighted by molar-refractivity contribution is -0.145. The van der Waals surface area contributed by atoms with Crippen LogP contribution in [0.5, 0.6) is 0 Å². The van der Waals surface area contributed by atoms with Gasteiger partial charge >= 0.3 is 0 Å². The summed E-state index contributed by atoms with van der Waals surface area (Å²) in [7, 11) is 0. The standard InChI is InChI=1S/C25H37N5O2/c1-3-28-8-6-20-15-22(29-10-12-32-13-11-29)4-7-25(20,18-28)24(31)26-16-21-17-30-9-5-19(2)14-23(30)27-21/h5,9,14,17,20,22H,3-4,6-8,10-13,15-16,18H2,1-2H3,(H,26,31)/t20-,22+,25-/m1/s1. The molecule has 2 aliphatic heterocycles. The molecule has 3 fully saturated rings. The predicted molar refractivity (Wildman–Crippen MR) is 124 cm³/mol. The molecule has 5 rings (SSSR count). The number of rotatable bonds is 5. The third kappa shape index (κ3) is 4.18. The molecule has 0 radical (unpaired) electrons. The second-order valence-electron chi connectivity index (χ2n) is 9.97. The predicted octanol–water partition coefficient (Wildman–Crippen LogP) is 2.47. The van der Waals surface area contributed by atoms with E-state index in [4.69, 9.17) is 9.72 Å². The Bertz CT molecular complexity index is 953. The molecule has 3 aliphatic rings. The van der Waals surface area contributed by atoms with Gasteiger partial charge in [0.2, 0.25) is 5.91 Å². The SMILES string of the molecule is CCN1CC[C@@H]2C[C@@H](N3CCOCC3)CC[C@@]2(C(=O)NCc2cn3ccc(C)cc3n2)C1. The lowest BCUT2D eigenvalue weighted by Gasteiger charge is -2.53. The molecule has 1 N–H and O–H groups in total. The summed E-state index contributed by atoms with van der Waals surface area (Å²) in [5.74, 6) is 0.685. The van der Waals surface area contributed by atoms with Crippen molar-refractivity contribution in [2.24, 2.45) is 11.3 Å². The van der Waals surface area contributed by atoms with Crippen LogP contribution in [-0.2, 0) is 16.1 Å². The zero-order valence-corrected chi connectivity index (χ0v) is 19.6. The molecular formula is C25H37N5O2. The second kappa shape index (κ2) is 9.12. The summed E-state index contributed by atoms with van der Waals surface area (Å²) in [5.41, 5.74) is 2.78. The molecular weight excluding hydrogens is 402 g/mol. The number of aryl methyl sites for hydroxylation is 1. The van der Waals surface area contributed by atoms with E-state index in [0.717, 1.165) is 83.0 Å². The number of aromatic nitrogens is 2. The van der Waals surface area contributed by atoms with Gasteiger partial charge in [-0.1, -0.05) is 6.92 Å². The van der Waals surface area contributed by atoms with Crippen molar-refractivity contribution < 1.29 is 9.53 Å². The zero-order valence-electron chi connectivity index (χ0n) is 19.6. The monoisotopic (exact) mass is 439 g/mol. The molecule has 174 valence electrons. The van der Waals surface area contributed by atoms with Gasteiger partial charge in [0.05, 0.1) is 30.9 Å². The van der Waals surface area contributed by atoms with E-state index in [-0.39, 0.29) is 11.3 Å². The molecule has 0 unspecified atom stereocenters. The Labute approximate surface area is 191 Å². The Balaban J connectivity index is 1.30. The Hall–Kier alpha value is -1.96. The Morgan fingerprint density at radius 2 is 2.12 bits per heavy atom. The number of hydrogen-bond donors (Lipinski definition) is 1. The molecule has 2 aromatic heterocycles. The van der Waals surface area contributed by atoms with E-state index in [1.54, 1.807) is 0 Å². The largest absolute Gasteiger partial charge is 0.379 e. The van der Waals surface area contributed by atoms with Crippen molar-refractivity contribution in [1.29, 1.82) is 0 Å². The van der Waals surface area contributed by atoms with Crippen molar-refractivity contribution in [1.82, 2.24) is 24.5 Å². The Morgan fingerprint density at radius 3 is 2.94 bits per heavy atom. The second-order valence-corrected chi connectivity index (χ2v) is 9.97. The van der Waals surface area contributed by atoms with Gasteiger partial charge in [-0.2, -0.15) is 0 Å². The van der Waals surface area contributed by atoms with E-state index in [0.29, 0.717) is 18.5 Å². The average molecular weight is 440 g/mol. The van der Waals surface area contributed by atoms with E-state index < -0.39 is 0 Å². The van der Waals surface area contributed by atoms with Gasteiger partial charge in [-0.3, -0.25) is 9.69 Å². The van der Waals surface area contributed by atoms with Gasteiger partial charge < -0.3 is 19.4 Å². The molecule has 2 saturated heterocycles. The fourth-order valence-corrected chi connectivity index (χ4v) is 6.20. The number of carbonyl (C=O) groups excluding carboxylic acids is 1. The maximum atomic E-state index is 13.7. The minimum Gasteiger partial charge on any atom is -0.379 e. The third-order valence-corrected chi connectivity index (χ3v) is 8.12. The van der Waals surface area contributed by atoms with Crippen LogP contribution in [0, 0.1) is 18.3 Å². The van der Waals surface area contributed by atoms with Gasteiger partial charge in [-0.05, 0) is 69.3 Å². The summed E-state index contributed by atoms with van der Waals surface area (Å²) < 4.78 is 7.60. The van der Waals surface area contributed by atoms with Crippen molar-refractivity contribution in [2.45, 2.75) is 52.1 Å². The van der Waals surface area contributed by atoms with Crippen LogP contribution >= 0.6 is 0 Å². The van der Waals surface area contributed by atoms with Gasteiger partial charge in [0, 0.05) is 38.1 Å². The number of hydrogen-bond acceptors (Lipinski definition) is 5. The summed E-state index contributed by atoms with van der Waals surface area (Å²) in [6.07, 6.45) is 8.40. The minimum atomic E-state index is -0.271. The maximum absolute atomic E-state index is 13.7. The fourth-order valence-electron chi connectivity index (χ4n) is 6.20. The van der Waals surface area contributed by atoms with Crippen molar-refractivity contribution in [2.75, 3.05) is 45.9 Å². The molecule has 4 heterocycles. The molecule has 7 heteroatoms. The van der Waals surface area contributed by atoms with Crippen molar-refractivity contribution in [3.8, 4) is 0 Å². The number of imidazole rings is 1. The topological polar surface area (TPSA) is 62.1 Å². The summed E-state index contributed by atoms with van der Waals surface area (Å²) in [5, 5.41) is 3.30. The van der Waals surface area contributed by atoms with Gasteiger partial charge in [0.1, 0.15) is 5.65 Å². The van der Waals surface area contributed by atoms with Gasteiger partial charge in [-0.25, -0.2) is 4.98 Å². The normalized spacial score (nSPS) is 29.7. The number of piperidine rings is 1. The Kier molecular flexibility index (Phi) is 6.23. The Morgan fingerprint density at radius 1 is 1.28 bits per heavy atom. The first-order chi connectivity index (χ1) is 15.6. The van der Waals surface area contributed by atoms with Crippen LogP contribution in [0.15, 0.2) is 24.5 Å². The van der Waals surface area contributed by atoms with Crippen molar-refractivity contribution in [3.05, 3.63) is 35.8 Å². The van der Waals surface area contributed by atoms with Gasteiger partial charge in [0.15, 0.2) is 0 Å². The molecule has 3 atom stereocenters. The summed E-state index contributed by atoms with van der Waals surface area (Å²) in [6.45, 7) is 11.5. The highest BCUT2D eigenvalue weighted by molar-refractivity contribution is 5.83. The average Bonchev–Trinajstić information content (AvgIpc) is 3.24.